The normalized spacial score (nSPS) is 19.7. The van der Waals surface area contributed by atoms with Crippen LogP contribution in [-0.4, -0.2) is 52.9 Å². The van der Waals surface area contributed by atoms with Crippen LogP contribution in [0.1, 0.15) is 38.2 Å². The van der Waals surface area contributed by atoms with Crippen molar-refractivity contribution in [1.82, 2.24) is 5.32 Å². The van der Waals surface area contributed by atoms with Crippen LogP contribution in [-0.2, 0) is 11.2 Å². The Morgan fingerprint density at radius 1 is 1.15 bits per heavy atom. The molecule has 6 nitrogen and oxygen atoms in total. The van der Waals surface area contributed by atoms with Gasteiger partial charge in [-0.3, -0.25) is 4.79 Å². The van der Waals surface area contributed by atoms with Gasteiger partial charge in [0.1, 0.15) is 0 Å². The lowest BCUT2D eigenvalue weighted by Crippen LogP contribution is -3.16. The number of methoxy groups -OCH3 is 3. The molecule has 1 aromatic rings. The number of piperidine rings is 1. The quantitative estimate of drug-likeness (QED) is 0.646. The Balaban J connectivity index is 1.84. The van der Waals surface area contributed by atoms with Crippen LogP contribution in [0.5, 0.6) is 17.2 Å². The van der Waals surface area contributed by atoms with Gasteiger partial charge in [0.15, 0.2) is 11.5 Å². The smallest absolute Gasteiger partial charge is 0.224 e. The fraction of sp³-hybridized carbons (Fsp3) is 0.650. The first kappa shape index (κ1) is 20.4. The molecule has 1 amide bonds. The van der Waals surface area contributed by atoms with Crippen LogP contribution < -0.4 is 24.4 Å². The zero-order valence-electron chi connectivity index (χ0n) is 16.5. The van der Waals surface area contributed by atoms with E-state index in [1.807, 2.05) is 6.07 Å². The van der Waals surface area contributed by atoms with Crippen molar-refractivity contribution in [2.24, 2.45) is 0 Å². The Bertz CT molecular complexity index is 591. The molecule has 1 fully saturated rings. The van der Waals surface area contributed by atoms with E-state index >= 15 is 0 Å². The average molecular weight is 365 g/mol. The molecule has 0 aromatic heterocycles. The highest BCUT2D eigenvalue weighted by atomic mass is 16.5. The van der Waals surface area contributed by atoms with Crippen molar-refractivity contribution in [1.29, 1.82) is 0 Å². The van der Waals surface area contributed by atoms with E-state index in [0.29, 0.717) is 23.8 Å². The molecule has 1 saturated heterocycles. The molecule has 0 aliphatic carbocycles. The predicted octanol–water partition coefficient (Wildman–Crippen LogP) is 1.22. The molecule has 1 aromatic carbocycles. The Morgan fingerprint density at radius 3 is 2.58 bits per heavy atom. The molecule has 0 spiro atoms. The van der Waals surface area contributed by atoms with Gasteiger partial charge in [0.2, 0.25) is 11.7 Å². The SMILES string of the molecule is COc1ccc(CC(=O)NCCC[NH+]2CCCC[C@@H]2C)c(OC)c1OC. The molecule has 0 radical (unpaired) electrons. The van der Waals surface area contributed by atoms with E-state index in [-0.39, 0.29) is 12.3 Å². The molecule has 26 heavy (non-hydrogen) atoms. The van der Waals surface area contributed by atoms with Crippen LogP contribution in [0.4, 0.5) is 0 Å². The molecule has 0 saturated carbocycles. The minimum atomic E-state index is -0.00258. The average Bonchev–Trinajstić information content (AvgIpc) is 2.65. The number of quaternary nitrogens is 1. The monoisotopic (exact) mass is 365 g/mol. The number of likely N-dealkylation sites (tertiary alicyclic amines) is 1. The Kier molecular flexibility index (Phi) is 8.04. The molecule has 2 atom stereocenters. The largest absolute Gasteiger partial charge is 0.493 e. The van der Waals surface area contributed by atoms with E-state index in [1.54, 1.807) is 32.3 Å². The zero-order valence-corrected chi connectivity index (χ0v) is 16.5. The van der Waals surface area contributed by atoms with Crippen molar-refractivity contribution in [3.63, 3.8) is 0 Å². The third kappa shape index (κ3) is 5.27. The Hall–Kier alpha value is -1.95. The number of amides is 1. The van der Waals surface area contributed by atoms with Gasteiger partial charge in [0.25, 0.3) is 0 Å². The molecule has 6 heteroatoms. The van der Waals surface area contributed by atoms with Crippen LogP contribution in [0.2, 0.25) is 0 Å². The summed E-state index contributed by atoms with van der Waals surface area (Å²) in [4.78, 5) is 14.0. The second-order valence-electron chi connectivity index (χ2n) is 6.93. The van der Waals surface area contributed by atoms with Gasteiger partial charge >= 0.3 is 0 Å². The third-order valence-corrected chi connectivity index (χ3v) is 5.22. The van der Waals surface area contributed by atoms with E-state index in [0.717, 1.165) is 24.6 Å². The molecule has 2 rings (SSSR count). The first-order chi connectivity index (χ1) is 12.6. The summed E-state index contributed by atoms with van der Waals surface area (Å²) in [7, 11) is 4.71. The standard InChI is InChI=1S/C20H32N2O4/c1-15-8-5-6-12-22(15)13-7-11-21-18(23)14-16-9-10-17(24-2)20(26-4)19(16)25-3/h9-10,15H,5-8,11-14H2,1-4H3,(H,21,23)/p+1/t15-/m0/s1. The van der Waals surface area contributed by atoms with Crippen LogP contribution >= 0.6 is 0 Å². The molecule has 1 aliphatic rings. The minimum absolute atomic E-state index is 0.00258. The number of rotatable bonds is 9. The third-order valence-electron chi connectivity index (χ3n) is 5.22. The first-order valence-electron chi connectivity index (χ1n) is 9.49. The summed E-state index contributed by atoms with van der Waals surface area (Å²) < 4.78 is 16.1. The highest BCUT2D eigenvalue weighted by Gasteiger charge is 2.21. The lowest BCUT2D eigenvalue weighted by atomic mass is 10.0. The summed E-state index contributed by atoms with van der Waals surface area (Å²) in [5.41, 5.74) is 0.790. The molecule has 1 heterocycles. The molecular formula is C20H33N2O4+. The number of carbonyl (C=O) groups excluding carboxylic acids is 1. The van der Waals surface area contributed by atoms with Gasteiger partial charge in [0.05, 0.1) is 46.9 Å². The van der Waals surface area contributed by atoms with Gasteiger partial charge < -0.3 is 24.4 Å². The number of hydrogen-bond acceptors (Lipinski definition) is 4. The Labute approximate surface area is 156 Å². The Morgan fingerprint density at radius 2 is 1.92 bits per heavy atom. The summed E-state index contributed by atoms with van der Waals surface area (Å²) in [5, 5.41) is 3.02. The van der Waals surface area contributed by atoms with E-state index < -0.39 is 0 Å². The summed E-state index contributed by atoms with van der Waals surface area (Å²) in [6.45, 7) is 5.43. The van der Waals surface area contributed by atoms with Crippen molar-refractivity contribution >= 4 is 5.91 Å². The zero-order chi connectivity index (χ0) is 18.9. The van der Waals surface area contributed by atoms with Gasteiger partial charge in [-0.1, -0.05) is 6.07 Å². The van der Waals surface area contributed by atoms with Crippen molar-refractivity contribution in [2.75, 3.05) is 41.0 Å². The topological polar surface area (TPSA) is 61.2 Å². The maximum Gasteiger partial charge on any atom is 0.224 e. The molecule has 146 valence electrons. The van der Waals surface area contributed by atoms with Crippen molar-refractivity contribution in [2.45, 2.75) is 45.1 Å². The van der Waals surface area contributed by atoms with Gasteiger partial charge in [0, 0.05) is 18.5 Å². The fourth-order valence-corrected chi connectivity index (χ4v) is 3.71. The van der Waals surface area contributed by atoms with E-state index in [1.165, 1.54) is 25.8 Å². The van der Waals surface area contributed by atoms with Crippen LogP contribution in [0.25, 0.3) is 0 Å². The highest BCUT2D eigenvalue weighted by Crippen LogP contribution is 2.39. The maximum atomic E-state index is 12.3. The van der Waals surface area contributed by atoms with Gasteiger partial charge in [-0.15, -0.1) is 0 Å². The van der Waals surface area contributed by atoms with Crippen LogP contribution in [0.3, 0.4) is 0 Å². The van der Waals surface area contributed by atoms with Crippen molar-refractivity contribution in [3.8, 4) is 17.2 Å². The van der Waals surface area contributed by atoms with E-state index in [9.17, 15) is 4.79 Å². The molecule has 2 N–H and O–H groups in total. The van der Waals surface area contributed by atoms with Gasteiger partial charge in [-0.05, 0) is 32.3 Å². The number of hydrogen-bond donors (Lipinski definition) is 2. The lowest BCUT2D eigenvalue weighted by molar-refractivity contribution is -0.928. The summed E-state index contributed by atoms with van der Waals surface area (Å²) in [5.74, 6) is 1.65. The fourth-order valence-electron chi connectivity index (χ4n) is 3.71. The predicted molar refractivity (Wildman–Crippen MR) is 101 cm³/mol. The van der Waals surface area contributed by atoms with Gasteiger partial charge in [-0.25, -0.2) is 0 Å². The first-order valence-corrected chi connectivity index (χ1v) is 9.49. The molecule has 1 aliphatic heterocycles. The number of ether oxygens (including phenoxy) is 3. The minimum Gasteiger partial charge on any atom is -0.493 e. The van der Waals surface area contributed by atoms with Crippen molar-refractivity contribution < 1.29 is 23.9 Å². The summed E-state index contributed by atoms with van der Waals surface area (Å²) >= 11 is 0. The second-order valence-corrected chi connectivity index (χ2v) is 6.93. The highest BCUT2D eigenvalue weighted by molar-refractivity contribution is 5.80. The van der Waals surface area contributed by atoms with E-state index in [2.05, 4.69) is 12.2 Å². The van der Waals surface area contributed by atoms with Crippen LogP contribution in [0, 0.1) is 0 Å². The van der Waals surface area contributed by atoms with E-state index in [4.69, 9.17) is 14.2 Å². The number of benzene rings is 1. The summed E-state index contributed by atoms with van der Waals surface area (Å²) in [6.07, 6.45) is 5.27. The number of nitrogens with one attached hydrogen (secondary N) is 2. The molecule has 0 bridgehead atoms. The molecular weight excluding hydrogens is 332 g/mol. The second kappa shape index (κ2) is 10.3. The lowest BCUT2D eigenvalue weighted by Gasteiger charge is -2.30. The maximum absolute atomic E-state index is 12.3. The number of carbonyl (C=O) groups is 1. The van der Waals surface area contributed by atoms with Crippen LogP contribution in [0.15, 0.2) is 12.1 Å². The van der Waals surface area contributed by atoms with Gasteiger partial charge in [-0.2, -0.15) is 0 Å². The molecule has 1 unspecified atom stereocenters. The van der Waals surface area contributed by atoms with Crippen molar-refractivity contribution in [3.05, 3.63) is 17.7 Å². The summed E-state index contributed by atoms with van der Waals surface area (Å²) in [6, 6.07) is 4.39.